The van der Waals surface area contributed by atoms with Crippen LogP contribution in [-0.2, 0) is 0 Å². The van der Waals surface area contributed by atoms with Gasteiger partial charge < -0.3 is 0 Å². The average Bonchev–Trinajstić information content (AvgIpc) is 2.15. The van der Waals surface area contributed by atoms with Crippen LogP contribution in [0.2, 0.25) is 39.3 Å². The summed E-state index contributed by atoms with van der Waals surface area (Å²) >= 11 is 0. The molecule has 0 fully saturated rings. The lowest BCUT2D eigenvalue weighted by molar-refractivity contribution is 1.66. The smallest absolute Gasteiger partial charge is 0.0722 e. The van der Waals surface area contributed by atoms with Crippen molar-refractivity contribution < 1.29 is 0 Å². The fourth-order valence-electron chi connectivity index (χ4n) is 2.18. The first-order valence-corrected chi connectivity index (χ1v) is 16.3. The summed E-state index contributed by atoms with van der Waals surface area (Å²) in [5.74, 6) is 2.56. The molecule has 1 aromatic carbocycles. The van der Waals surface area contributed by atoms with Crippen molar-refractivity contribution in [3.63, 3.8) is 0 Å². The van der Waals surface area contributed by atoms with E-state index < -0.39 is 15.5 Å². The van der Waals surface area contributed by atoms with Gasteiger partial charge in [-0.2, -0.15) is 0 Å². The number of benzene rings is 1. The minimum absolute atomic E-state index is 0.131. The zero-order chi connectivity index (χ0) is 13.1. The molecular weight excluding hydrogens is 255 g/mol. The second-order valence-corrected chi connectivity index (χ2v) is 28.4. The highest BCUT2D eigenvalue weighted by atomic mass is 31.6. The minimum atomic E-state index is -1.04. The molecule has 0 spiro atoms. The first-order chi connectivity index (χ1) is 7.71. The Hall–Kier alpha value is -0.176. The summed E-state index contributed by atoms with van der Waals surface area (Å²) in [7, 11) is -1.94. The second kappa shape index (κ2) is 5.64. The molecule has 0 nitrogen and oxygen atoms in total. The van der Waals surface area contributed by atoms with Crippen LogP contribution < -0.4 is 0 Å². The molecule has 3 heteroatoms. The molecule has 0 N–H and O–H groups in total. The number of hydrogen-bond acceptors (Lipinski definition) is 0. The van der Waals surface area contributed by atoms with E-state index in [1.54, 1.807) is 0 Å². The Morgan fingerprint density at radius 1 is 0.824 bits per heavy atom. The monoisotopic (exact) mass is 280 g/mol. The lowest BCUT2D eigenvalue weighted by Gasteiger charge is -2.37. The van der Waals surface area contributed by atoms with E-state index >= 15 is 0 Å². The van der Waals surface area contributed by atoms with Crippen molar-refractivity contribution in [3.05, 3.63) is 41.7 Å². The van der Waals surface area contributed by atoms with Crippen molar-refractivity contribution in [2.75, 3.05) is 0 Å². The van der Waals surface area contributed by atoms with Crippen LogP contribution in [0.1, 0.15) is 5.56 Å². The predicted octanol–water partition coefficient (Wildman–Crippen LogP) is 5.81. The van der Waals surface area contributed by atoms with Crippen LogP contribution in [0.5, 0.6) is 0 Å². The van der Waals surface area contributed by atoms with E-state index in [1.807, 2.05) is 0 Å². The maximum atomic E-state index is 2.56. The van der Waals surface area contributed by atoms with Gasteiger partial charge in [-0.3, -0.25) is 0 Å². The molecule has 0 saturated carbocycles. The molecule has 1 rings (SSSR count). The quantitative estimate of drug-likeness (QED) is 0.482. The summed E-state index contributed by atoms with van der Waals surface area (Å²) in [5, 5.41) is 0. The molecule has 0 heterocycles. The van der Waals surface area contributed by atoms with Gasteiger partial charge >= 0.3 is 0 Å². The van der Waals surface area contributed by atoms with Crippen molar-refractivity contribution in [2.45, 2.75) is 39.3 Å². The average molecular weight is 281 g/mol. The molecule has 94 valence electrons. The van der Waals surface area contributed by atoms with E-state index in [4.69, 9.17) is 0 Å². The molecule has 0 amide bonds. The van der Waals surface area contributed by atoms with E-state index in [0.29, 0.717) is 0 Å². The normalized spacial score (nSPS) is 13.6. The first kappa shape index (κ1) is 14.9. The zero-order valence-electron chi connectivity index (χ0n) is 12.0. The summed E-state index contributed by atoms with van der Waals surface area (Å²) in [5.41, 5.74) is 1.34. The van der Waals surface area contributed by atoms with Crippen LogP contribution in [0, 0.1) is 0 Å². The van der Waals surface area contributed by atoms with Gasteiger partial charge in [0.05, 0.1) is 15.5 Å². The summed E-state index contributed by atoms with van der Waals surface area (Å²) in [6.07, 6.45) is 2.35. The van der Waals surface area contributed by atoms with Crippen LogP contribution in [0.4, 0.5) is 0 Å². The summed E-state index contributed by atoms with van der Waals surface area (Å²) in [6, 6.07) is 10.7. The van der Waals surface area contributed by atoms with E-state index in [0.717, 1.165) is 0 Å². The van der Waals surface area contributed by atoms with Crippen LogP contribution in [0.3, 0.4) is 0 Å². The molecule has 0 aliphatic rings. The van der Waals surface area contributed by atoms with E-state index in [-0.39, 0.29) is 7.02 Å². The summed E-state index contributed by atoms with van der Waals surface area (Å²) in [6.45, 7) is 15.1. The minimum Gasteiger partial charge on any atom is -0.107 e. The third-order valence-corrected chi connectivity index (χ3v) is 27.6. The molecule has 0 atom stereocenters. The van der Waals surface area contributed by atoms with Gasteiger partial charge in [-0.1, -0.05) is 81.5 Å². The molecule has 0 saturated heterocycles. The molecule has 0 unspecified atom stereocenters. The van der Waals surface area contributed by atoms with Crippen LogP contribution in [0.15, 0.2) is 36.1 Å². The molecule has 0 bridgehead atoms. The van der Waals surface area contributed by atoms with Gasteiger partial charge in [-0.05, 0) is 5.56 Å². The Kier molecular flexibility index (Phi) is 4.94. The van der Waals surface area contributed by atoms with Crippen molar-refractivity contribution in [2.24, 2.45) is 0 Å². The van der Waals surface area contributed by atoms with Crippen LogP contribution >= 0.6 is 7.02 Å². The van der Waals surface area contributed by atoms with Crippen molar-refractivity contribution in [1.29, 1.82) is 0 Å². The number of rotatable bonds is 4. The van der Waals surface area contributed by atoms with E-state index in [2.05, 4.69) is 81.5 Å². The number of hydrogen-bond donors (Lipinski definition) is 0. The lowest BCUT2D eigenvalue weighted by atomic mass is 10.2. The fraction of sp³-hybridized carbons (Fsp3) is 0.429. The highest BCUT2D eigenvalue weighted by molar-refractivity contribution is 8.20. The predicted molar refractivity (Wildman–Crippen MR) is 89.1 cm³/mol. The second-order valence-electron chi connectivity index (χ2n) is 6.44. The third-order valence-electron chi connectivity index (χ3n) is 2.66. The van der Waals surface area contributed by atoms with Crippen LogP contribution in [-0.4, -0.2) is 15.5 Å². The van der Waals surface area contributed by atoms with Crippen molar-refractivity contribution in [1.82, 2.24) is 0 Å². The molecule has 17 heavy (non-hydrogen) atoms. The maximum absolute atomic E-state index is 2.56. The Bertz CT molecular complexity index is 357. The van der Waals surface area contributed by atoms with E-state index in [1.165, 1.54) is 5.56 Å². The topological polar surface area (TPSA) is 0 Å². The van der Waals surface area contributed by atoms with Crippen LogP contribution in [0.25, 0.3) is 6.08 Å². The van der Waals surface area contributed by atoms with Gasteiger partial charge in [0.2, 0.25) is 0 Å². The van der Waals surface area contributed by atoms with Gasteiger partial charge in [0.25, 0.3) is 0 Å². The molecule has 0 aliphatic carbocycles. The van der Waals surface area contributed by atoms with Crippen molar-refractivity contribution in [3.8, 4) is 0 Å². The van der Waals surface area contributed by atoms with E-state index in [9.17, 15) is 0 Å². The Morgan fingerprint density at radius 3 is 1.71 bits per heavy atom. The first-order valence-electron chi connectivity index (χ1n) is 6.24. The standard InChI is InChI=1S/C14H25PSi2/c1-16(2,3)15(17(4,5)6)13-12-14-10-8-7-9-11-14/h7-13H,1-6H3/b13-12+. The summed E-state index contributed by atoms with van der Waals surface area (Å²) in [4.78, 5) is 0. The lowest BCUT2D eigenvalue weighted by Crippen LogP contribution is -2.31. The SMILES string of the molecule is C[Si](C)(C)P(/C=C/c1ccccc1)[Si](C)(C)C. The Balaban J connectivity index is 2.92. The Labute approximate surface area is 110 Å². The summed E-state index contributed by atoms with van der Waals surface area (Å²) < 4.78 is 0. The molecule has 0 aliphatic heterocycles. The fourth-order valence-corrected chi connectivity index (χ4v) is 32.7. The Morgan fingerprint density at radius 2 is 1.29 bits per heavy atom. The molecule has 0 aromatic heterocycles. The highest BCUT2D eigenvalue weighted by Gasteiger charge is 2.34. The molecule has 1 aromatic rings. The molecule has 0 radical (unpaired) electrons. The molecular formula is C14H25PSi2. The van der Waals surface area contributed by atoms with Crippen molar-refractivity contribution >= 4 is 28.6 Å². The van der Waals surface area contributed by atoms with Gasteiger partial charge in [-0.15, -0.1) is 7.02 Å². The van der Waals surface area contributed by atoms with Gasteiger partial charge in [0.15, 0.2) is 0 Å². The highest BCUT2D eigenvalue weighted by Crippen LogP contribution is 2.56. The van der Waals surface area contributed by atoms with Gasteiger partial charge in [0, 0.05) is 0 Å². The largest absolute Gasteiger partial charge is 0.107 e. The van der Waals surface area contributed by atoms with Gasteiger partial charge in [-0.25, -0.2) is 0 Å². The zero-order valence-corrected chi connectivity index (χ0v) is 14.9. The maximum Gasteiger partial charge on any atom is 0.0722 e. The van der Waals surface area contributed by atoms with Gasteiger partial charge in [0.1, 0.15) is 0 Å². The third kappa shape index (κ3) is 4.91.